The Morgan fingerprint density at radius 3 is 2.49 bits per heavy atom. The number of carbonyl (C=O) groups is 3. The van der Waals surface area contributed by atoms with Gasteiger partial charge in [0, 0.05) is 96.3 Å². The van der Waals surface area contributed by atoms with Gasteiger partial charge >= 0.3 is 17.9 Å². The predicted molar refractivity (Wildman–Crippen MR) is 214 cm³/mol. The monoisotopic (exact) mass is 800 g/mol. The van der Waals surface area contributed by atoms with Crippen molar-refractivity contribution < 1.29 is 38.8 Å². The molecule has 5 aliphatic heterocycles. The van der Waals surface area contributed by atoms with Gasteiger partial charge in [0.1, 0.15) is 11.2 Å². The van der Waals surface area contributed by atoms with Gasteiger partial charge in [-0.2, -0.15) is 0 Å². The Balaban J connectivity index is 1.35. The summed E-state index contributed by atoms with van der Waals surface area (Å²) in [7, 11) is 4.43. The van der Waals surface area contributed by atoms with E-state index in [4.69, 9.17) is 25.8 Å². The van der Waals surface area contributed by atoms with Crippen LogP contribution in [0.25, 0.3) is 10.9 Å². The molecule has 12 nitrogen and oxygen atoms in total. The molecule has 2 saturated heterocycles. The molecular weight excluding hydrogens is 748 g/mol. The number of esters is 3. The third kappa shape index (κ3) is 4.81. The van der Waals surface area contributed by atoms with Gasteiger partial charge in [0.15, 0.2) is 6.10 Å². The van der Waals surface area contributed by atoms with Crippen molar-refractivity contribution in [2.45, 2.75) is 93.0 Å². The number of carbonyl (C=O) groups excluding carboxylic acids is 3. The number of phenolic OH excluding ortho intramolecular Hbond substituents is 1. The van der Waals surface area contributed by atoms with E-state index < -0.39 is 51.9 Å². The molecule has 6 aliphatic rings. The van der Waals surface area contributed by atoms with Crippen molar-refractivity contribution in [1.82, 2.24) is 14.8 Å². The summed E-state index contributed by atoms with van der Waals surface area (Å²) in [5.41, 5.74) is -1.48. The molecule has 3 aromatic rings. The minimum Gasteiger partial charge on any atom is -0.508 e. The first-order valence-corrected chi connectivity index (χ1v) is 20.8. The van der Waals surface area contributed by atoms with E-state index >= 15 is 4.79 Å². The van der Waals surface area contributed by atoms with Crippen molar-refractivity contribution >= 4 is 46.1 Å². The number of nitrogens with one attached hydrogen (secondary N) is 1. The molecular formula is C44H53ClN4O8. The van der Waals surface area contributed by atoms with Crippen LogP contribution >= 0.6 is 11.6 Å². The van der Waals surface area contributed by atoms with E-state index in [-0.39, 0.29) is 35.4 Å². The number of fused-ring (bicyclic) bond motifs is 6. The molecule has 6 heterocycles. The number of ether oxygens (including phenoxy) is 3. The fourth-order valence-corrected chi connectivity index (χ4v) is 13.5. The van der Waals surface area contributed by atoms with E-state index in [0.717, 1.165) is 35.0 Å². The molecule has 9 rings (SSSR count). The lowest BCUT2D eigenvalue weighted by atomic mass is 9.47. The number of aliphatic hydroxyl groups is 1. The number of aromatic nitrogens is 1. The molecule has 0 radical (unpaired) electrons. The van der Waals surface area contributed by atoms with Gasteiger partial charge in [-0.1, -0.05) is 50.6 Å². The van der Waals surface area contributed by atoms with Crippen LogP contribution in [0.5, 0.6) is 5.75 Å². The van der Waals surface area contributed by atoms with Crippen molar-refractivity contribution in [3.63, 3.8) is 0 Å². The molecule has 11 atom stereocenters. The number of methoxy groups -OCH3 is 2. The number of aromatic hydroxyl groups is 1. The number of alkyl halides is 1. The molecule has 1 aromatic heterocycles. The standard InChI is InChI=1S/C44H53ClN4O8/c1-7-25-21-48-22-26(34(25)45)20-43(39(52)55-5,35-28(23-48)27-12-9-10-13-31(27)46-35)30-18-29-32(19-33(30)51)47(4)37-42(29)15-17-49-16-11-14-41(8-2,36(42)49)38(57-24(3)50)44(37,54)40(53)56-6/h9-14,18-19,25-26,34,36-38,46,51,54H,7-8,15-17,20-23H2,1-6H3/t25?,26?,34?,36-,37-,38-,41-,42-,43+,44+/m1/s1. The molecule has 57 heavy (non-hydrogen) atoms. The lowest BCUT2D eigenvalue weighted by Gasteiger charge is -2.63. The van der Waals surface area contributed by atoms with Crippen molar-refractivity contribution in [3.05, 3.63) is 70.9 Å². The average molecular weight is 801 g/mol. The summed E-state index contributed by atoms with van der Waals surface area (Å²) in [6.07, 6.45) is 4.92. The molecule has 2 aromatic carbocycles. The van der Waals surface area contributed by atoms with Gasteiger partial charge in [-0.05, 0) is 60.9 Å². The first-order chi connectivity index (χ1) is 27.3. The van der Waals surface area contributed by atoms with E-state index in [0.29, 0.717) is 56.0 Å². The lowest BCUT2D eigenvalue weighted by molar-refractivity contribution is -0.228. The molecule has 4 unspecified atom stereocenters. The Morgan fingerprint density at radius 2 is 1.79 bits per heavy atom. The van der Waals surface area contributed by atoms with E-state index in [9.17, 15) is 19.8 Å². The van der Waals surface area contributed by atoms with Crippen molar-refractivity contribution in [1.29, 1.82) is 0 Å². The maximum Gasteiger partial charge on any atom is 0.344 e. The van der Waals surface area contributed by atoms with Crippen LogP contribution in [0.1, 0.15) is 68.8 Å². The number of likely N-dealkylation sites (N-methyl/N-ethyl adjacent to an activating group) is 1. The zero-order valence-electron chi connectivity index (χ0n) is 33.5. The third-order valence-electron chi connectivity index (χ3n) is 15.1. The number of H-pyrrole nitrogens is 1. The molecule has 13 heteroatoms. The summed E-state index contributed by atoms with van der Waals surface area (Å²) in [5.74, 6) is -2.08. The Morgan fingerprint density at radius 1 is 1.04 bits per heavy atom. The van der Waals surface area contributed by atoms with Gasteiger partial charge in [-0.3, -0.25) is 19.4 Å². The third-order valence-corrected chi connectivity index (χ3v) is 15.8. The largest absolute Gasteiger partial charge is 0.508 e. The normalized spacial score (nSPS) is 37.7. The Labute approximate surface area is 338 Å². The fourth-order valence-electron chi connectivity index (χ4n) is 13.1. The number of rotatable bonds is 6. The van der Waals surface area contributed by atoms with Crippen LogP contribution in [0, 0.1) is 17.3 Å². The van der Waals surface area contributed by atoms with Crippen molar-refractivity contribution in [2.24, 2.45) is 17.3 Å². The van der Waals surface area contributed by atoms with E-state index in [1.54, 1.807) is 13.1 Å². The first kappa shape index (κ1) is 38.4. The summed E-state index contributed by atoms with van der Waals surface area (Å²) in [6.45, 7) is 8.81. The zero-order chi connectivity index (χ0) is 40.4. The van der Waals surface area contributed by atoms with Gasteiger partial charge in [-0.15, -0.1) is 11.6 Å². The molecule has 3 N–H and O–H groups in total. The number of phenols is 1. The highest BCUT2D eigenvalue weighted by molar-refractivity contribution is 6.21. The van der Waals surface area contributed by atoms with Crippen LogP contribution in [0.15, 0.2) is 48.6 Å². The van der Waals surface area contributed by atoms with Crippen molar-refractivity contribution in [3.8, 4) is 5.75 Å². The number of halogens is 1. The molecule has 304 valence electrons. The van der Waals surface area contributed by atoms with Crippen LogP contribution in [0.2, 0.25) is 0 Å². The Hall–Kier alpha value is -4.10. The summed E-state index contributed by atoms with van der Waals surface area (Å²) >= 11 is 7.39. The van der Waals surface area contributed by atoms with E-state index in [2.05, 4.69) is 27.8 Å². The van der Waals surface area contributed by atoms with Crippen LogP contribution < -0.4 is 4.90 Å². The highest BCUT2D eigenvalue weighted by atomic mass is 35.5. The van der Waals surface area contributed by atoms with E-state index in [1.807, 2.05) is 48.2 Å². The zero-order valence-corrected chi connectivity index (χ0v) is 34.3. The number of para-hydroxylation sites is 1. The number of anilines is 1. The topological polar surface area (TPSA) is 145 Å². The Kier molecular flexibility index (Phi) is 8.90. The minimum atomic E-state index is -2.33. The van der Waals surface area contributed by atoms with Gasteiger partial charge in [0.05, 0.1) is 20.3 Å². The molecule has 0 amide bonds. The molecule has 2 bridgehead atoms. The number of benzene rings is 2. The summed E-state index contributed by atoms with van der Waals surface area (Å²) < 4.78 is 17.4. The molecule has 1 spiro atoms. The molecule has 3 fully saturated rings. The first-order valence-electron chi connectivity index (χ1n) is 20.3. The molecule has 1 aliphatic carbocycles. The average Bonchev–Trinajstić information content (AvgIpc) is 3.85. The van der Waals surface area contributed by atoms with Crippen LogP contribution in [-0.4, -0.2) is 120 Å². The maximum atomic E-state index is 15.1. The van der Waals surface area contributed by atoms with Crippen LogP contribution in [-0.2, 0) is 46.0 Å². The van der Waals surface area contributed by atoms with Gasteiger partial charge < -0.3 is 34.3 Å². The number of piperidine rings is 1. The number of nitrogens with zero attached hydrogens (tertiary/aromatic N) is 3. The van der Waals surface area contributed by atoms with Crippen LogP contribution in [0.3, 0.4) is 0 Å². The minimum absolute atomic E-state index is 0.115. The lowest BCUT2D eigenvalue weighted by Crippen LogP contribution is -2.81. The highest BCUT2D eigenvalue weighted by Crippen LogP contribution is 2.68. The second kappa shape index (κ2) is 13.2. The SMILES string of the molecule is CCC1CN2Cc3c([nH]c4ccccc34)[C@@](C(=O)OC)(c3cc4c(cc3O)N(C)[C@H]3[C@@](O)(C(=O)OC)[C@H](OC(C)=O)[C@]5(CC)C=CCN6CC[C@]43[C@H]65)CC(C2)C1Cl. The second-order valence-corrected chi connectivity index (χ2v) is 18.0. The fraction of sp³-hybridized carbons (Fsp3) is 0.568. The quantitative estimate of drug-likeness (QED) is 0.138. The Bertz CT molecular complexity index is 2210. The van der Waals surface area contributed by atoms with Gasteiger partial charge in [-0.25, -0.2) is 4.79 Å². The van der Waals surface area contributed by atoms with Crippen LogP contribution in [0.4, 0.5) is 5.69 Å². The predicted octanol–water partition coefficient (Wildman–Crippen LogP) is 4.75. The van der Waals surface area contributed by atoms with Crippen molar-refractivity contribution in [2.75, 3.05) is 52.3 Å². The van der Waals surface area contributed by atoms with E-state index in [1.165, 1.54) is 21.1 Å². The van der Waals surface area contributed by atoms with Gasteiger partial charge in [0.2, 0.25) is 5.60 Å². The summed E-state index contributed by atoms with van der Waals surface area (Å²) in [6, 6.07) is 10.4. The van der Waals surface area contributed by atoms with Gasteiger partial charge in [0.25, 0.3) is 0 Å². The molecule has 1 saturated carbocycles. The number of aromatic amines is 1. The highest BCUT2D eigenvalue weighted by Gasteiger charge is 2.80. The second-order valence-electron chi connectivity index (χ2n) is 17.5. The summed E-state index contributed by atoms with van der Waals surface area (Å²) in [4.78, 5) is 52.6. The maximum absolute atomic E-state index is 15.1. The summed E-state index contributed by atoms with van der Waals surface area (Å²) in [5, 5.41) is 26.6. The number of hydrogen-bond donors (Lipinski definition) is 3. The smallest absolute Gasteiger partial charge is 0.344 e. The number of hydrogen-bond acceptors (Lipinski definition) is 11.